The topological polar surface area (TPSA) is 67.9 Å². The number of benzene rings is 3. The molecule has 0 saturated carbocycles. The molecule has 1 aliphatic heterocycles. The van der Waals surface area contributed by atoms with E-state index in [-0.39, 0.29) is 18.8 Å². The number of rotatable bonds is 9. The molecule has 4 rings (SSSR count). The quantitative estimate of drug-likeness (QED) is 0.200. The average Bonchev–Trinajstić information content (AvgIpc) is 3.13. The largest absolute Gasteiger partial charge is 0.493 e. The minimum atomic E-state index is -0.463. The third kappa shape index (κ3) is 5.73. The van der Waals surface area contributed by atoms with E-state index in [1.807, 2.05) is 42.5 Å². The zero-order chi connectivity index (χ0) is 25.7. The highest BCUT2D eigenvalue weighted by Gasteiger charge is 2.33. The Balaban J connectivity index is 1.59. The SMILES string of the molecule is C=CCc1cc(/C=C2/NC(=O)N(Cc3ccccc3)C2=O)cc(OC)c1OCc1ccc(Cl)c(Cl)c1. The first kappa shape index (κ1) is 25.4. The van der Waals surface area contributed by atoms with Crippen molar-refractivity contribution in [3.8, 4) is 11.5 Å². The Bertz CT molecular complexity index is 1340. The van der Waals surface area contributed by atoms with E-state index in [0.717, 1.165) is 16.7 Å². The molecule has 0 unspecified atom stereocenters. The highest BCUT2D eigenvalue weighted by Crippen LogP contribution is 2.35. The van der Waals surface area contributed by atoms with Crippen molar-refractivity contribution in [2.45, 2.75) is 19.6 Å². The van der Waals surface area contributed by atoms with Crippen LogP contribution >= 0.6 is 23.2 Å². The lowest BCUT2D eigenvalue weighted by Crippen LogP contribution is -2.30. The molecule has 1 fully saturated rings. The van der Waals surface area contributed by atoms with E-state index < -0.39 is 11.9 Å². The fraction of sp³-hybridized carbons (Fsp3) is 0.143. The predicted octanol–water partition coefficient (Wildman–Crippen LogP) is 6.40. The van der Waals surface area contributed by atoms with Crippen LogP contribution in [0.2, 0.25) is 10.0 Å². The fourth-order valence-corrected chi connectivity index (χ4v) is 4.14. The van der Waals surface area contributed by atoms with Crippen LogP contribution in [-0.4, -0.2) is 23.9 Å². The minimum Gasteiger partial charge on any atom is -0.493 e. The Morgan fingerprint density at radius 1 is 1.00 bits per heavy atom. The van der Waals surface area contributed by atoms with Crippen LogP contribution in [0.4, 0.5) is 4.79 Å². The van der Waals surface area contributed by atoms with Gasteiger partial charge in [-0.15, -0.1) is 6.58 Å². The molecule has 1 aliphatic rings. The fourth-order valence-electron chi connectivity index (χ4n) is 3.82. The number of carbonyl (C=O) groups excluding carboxylic acids is 2. The Morgan fingerprint density at radius 3 is 2.47 bits per heavy atom. The van der Waals surface area contributed by atoms with E-state index in [1.165, 1.54) is 4.90 Å². The normalized spacial score (nSPS) is 14.2. The summed E-state index contributed by atoms with van der Waals surface area (Å²) in [6.07, 6.45) is 3.88. The summed E-state index contributed by atoms with van der Waals surface area (Å²) in [5.41, 5.74) is 3.39. The Kier molecular flexibility index (Phi) is 7.98. The number of hydrogen-bond acceptors (Lipinski definition) is 4. The first-order valence-corrected chi connectivity index (χ1v) is 11.9. The number of imide groups is 1. The van der Waals surface area contributed by atoms with Crippen molar-refractivity contribution in [2.75, 3.05) is 7.11 Å². The van der Waals surface area contributed by atoms with Crippen LogP contribution in [0, 0.1) is 0 Å². The van der Waals surface area contributed by atoms with Gasteiger partial charge >= 0.3 is 6.03 Å². The maximum Gasteiger partial charge on any atom is 0.329 e. The molecule has 1 N–H and O–H groups in total. The van der Waals surface area contributed by atoms with Crippen LogP contribution in [0.25, 0.3) is 6.08 Å². The number of nitrogens with zero attached hydrogens (tertiary/aromatic N) is 1. The highest BCUT2D eigenvalue weighted by molar-refractivity contribution is 6.42. The lowest BCUT2D eigenvalue weighted by Gasteiger charge is -2.16. The van der Waals surface area contributed by atoms with Gasteiger partial charge in [-0.25, -0.2) is 4.79 Å². The van der Waals surface area contributed by atoms with Gasteiger partial charge in [-0.05, 0) is 53.5 Å². The molecule has 1 saturated heterocycles. The van der Waals surface area contributed by atoms with E-state index in [4.69, 9.17) is 32.7 Å². The number of urea groups is 1. The molecule has 3 amide bonds. The average molecular weight is 523 g/mol. The van der Waals surface area contributed by atoms with Crippen LogP contribution in [0.3, 0.4) is 0 Å². The number of methoxy groups -OCH3 is 1. The summed E-state index contributed by atoms with van der Waals surface area (Å²) in [6.45, 7) is 4.28. The van der Waals surface area contributed by atoms with E-state index in [9.17, 15) is 9.59 Å². The Morgan fingerprint density at radius 2 is 1.78 bits per heavy atom. The van der Waals surface area contributed by atoms with Crippen molar-refractivity contribution in [2.24, 2.45) is 0 Å². The molecule has 184 valence electrons. The predicted molar refractivity (Wildman–Crippen MR) is 141 cm³/mol. The summed E-state index contributed by atoms with van der Waals surface area (Å²) in [6, 6.07) is 17.8. The molecular weight excluding hydrogens is 499 g/mol. The zero-order valence-corrected chi connectivity index (χ0v) is 21.1. The summed E-state index contributed by atoms with van der Waals surface area (Å²) >= 11 is 12.1. The van der Waals surface area contributed by atoms with E-state index in [0.29, 0.717) is 33.5 Å². The maximum absolute atomic E-state index is 12.9. The van der Waals surface area contributed by atoms with Crippen molar-refractivity contribution >= 4 is 41.2 Å². The molecule has 36 heavy (non-hydrogen) atoms. The number of ether oxygens (including phenoxy) is 2. The molecule has 0 radical (unpaired) electrons. The van der Waals surface area contributed by atoms with Gasteiger partial charge in [0.25, 0.3) is 5.91 Å². The number of allylic oxidation sites excluding steroid dienone is 1. The molecule has 3 aromatic rings. The molecular formula is C28H24Cl2N2O4. The van der Waals surface area contributed by atoms with Crippen LogP contribution < -0.4 is 14.8 Å². The second-order valence-corrected chi connectivity index (χ2v) is 8.92. The number of carbonyl (C=O) groups is 2. The molecule has 1 heterocycles. The van der Waals surface area contributed by atoms with E-state index in [2.05, 4.69) is 11.9 Å². The number of hydrogen-bond donors (Lipinski definition) is 1. The van der Waals surface area contributed by atoms with Gasteiger partial charge in [-0.1, -0.05) is 65.7 Å². The first-order valence-electron chi connectivity index (χ1n) is 11.2. The second-order valence-electron chi connectivity index (χ2n) is 8.11. The summed E-state index contributed by atoms with van der Waals surface area (Å²) in [5, 5.41) is 3.58. The van der Waals surface area contributed by atoms with Gasteiger partial charge in [0, 0.05) is 5.56 Å². The molecule has 0 aromatic heterocycles. The van der Waals surface area contributed by atoms with Crippen LogP contribution in [-0.2, 0) is 24.4 Å². The molecule has 0 bridgehead atoms. The number of amides is 3. The van der Waals surface area contributed by atoms with Gasteiger partial charge in [-0.2, -0.15) is 0 Å². The van der Waals surface area contributed by atoms with Gasteiger partial charge in [-0.3, -0.25) is 9.69 Å². The smallest absolute Gasteiger partial charge is 0.329 e. The lowest BCUT2D eigenvalue weighted by molar-refractivity contribution is -0.123. The number of nitrogens with one attached hydrogen (secondary N) is 1. The molecule has 0 spiro atoms. The van der Waals surface area contributed by atoms with Crippen LogP contribution in [0.1, 0.15) is 22.3 Å². The third-order valence-corrected chi connectivity index (χ3v) is 6.30. The second kappa shape index (κ2) is 11.3. The zero-order valence-electron chi connectivity index (χ0n) is 19.6. The summed E-state index contributed by atoms with van der Waals surface area (Å²) < 4.78 is 11.7. The molecule has 6 nitrogen and oxygen atoms in total. The van der Waals surface area contributed by atoms with E-state index in [1.54, 1.807) is 37.5 Å². The molecule has 8 heteroatoms. The summed E-state index contributed by atoms with van der Waals surface area (Å²) in [4.78, 5) is 26.6. The maximum atomic E-state index is 12.9. The van der Waals surface area contributed by atoms with Crippen molar-refractivity contribution < 1.29 is 19.1 Å². The van der Waals surface area contributed by atoms with Gasteiger partial charge < -0.3 is 14.8 Å². The van der Waals surface area contributed by atoms with Gasteiger partial charge in [0.15, 0.2) is 11.5 Å². The van der Waals surface area contributed by atoms with Crippen molar-refractivity contribution in [1.29, 1.82) is 0 Å². The molecule has 0 atom stereocenters. The number of halogens is 2. The monoisotopic (exact) mass is 522 g/mol. The Labute approximate surface area is 219 Å². The lowest BCUT2D eigenvalue weighted by atomic mass is 10.0. The highest BCUT2D eigenvalue weighted by atomic mass is 35.5. The van der Waals surface area contributed by atoms with Crippen LogP contribution in [0.5, 0.6) is 11.5 Å². The first-order chi connectivity index (χ1) is 17.4. The van der Waals surface area contributed by atoms with E-state index >= 15 is 0 Å². The van der Waals surface area contributed by atoms with Crippen molar-refractivity contribution in [3.05, 3.63) is 111 Å². The van der Waals surface area contributed by atoms with Crippen molar-refractivity contribution in [1.82, 2.24) is 10.2 Å². The van der Waals surface area contributed by atoms with Crippen LogP contribution in [0.15, 0.2) is 79.0 Å². The third-order valence-electron chi connectivity index (χ3n) is 5.56. The molecule has 0 aliphatic carbocycles. The van der Waals surface area contributed by atoms with Gasteiger partial charge in [0.05, 0.1) is 23.7 Å². The minimum absolute atomic E-state index is 0.187. The molecule has 3 aromatic carbocycles. The standard InChI is InChI=1S/C28H24Cl2N2O4/c1-3-7-21-12-20(14-24-27(33)32(28(34)31-24)16-18-8-5-4-6-9-18)15-25(35-2)26(21)36-17-19-10-11-22(29)23(30)13-19/h3-6,8-15H,1,7,16-17H2,2H3,(H,31,34)/b24-14+. The summed E-state index contributed by atoms with van der Waals surface area (Å²) in [5.74, 6) is 0.644. The van der Waals surface area contributed by atoms with Gasteiger partial charge in [0.1, 0.15) is 12.3 Å². The van der Waals surface area contributed by atoms with Gasteiger partial charge in [0.2, 0.25) is 0 Å². The summed E-state index contributed by atoms with van der Waals surface area (Å²) in [7, 11) is 1.54. The Hall–Kier alpha value is -3.74. The van der Waals surface area contributed by atoms with Crippen molar-refractivity contribution in [3.63, 3.8) is 0 Å².